The molecule has 2 aromatic rings. The summed E-state index contributed by atoms with van der Waals surface area (Å²) in [5.41, 5.74) is 8.46. The number of nitrogens with zero attached hydrogens (tertiary/aromatic N) is 2. The fourth-order valence-corrected chi connectivity index (χ4v) is 2.58. The van der Waals surface area contributed by atoms with Crippen molar-refractivity contribution in [3.05, 3.63) is 65.7 Å². The molecule has 1 unspecified atom stereocenters. The summed E-state index contributed by atoms with van der Waals surface area (Å²) in [6, 6.07) is 16.4. The number of fused-ring (bicyclic) bond motifs is 1. The molecule has 1 aliphatic rings. The first kappa shape index (κ1) is 19.3. The van der Waals surface area contributed by atoms with Crippen molar-refractivity contribution in [1.29, 1.82) is 0 Å². The maximum absolute atomic E-state index is 12.5. The zero-order valence-corrected chi connectivity index (χ0v) is 14.7. The number of nitrogens with two attached hydrogens (primary N) is 1. The number of benzene rings is 2. The van der Waals surface area contributed by atoms with Crippen molar-refractivity contribution in [1.82, 2.24) is 5.32 Å². The number of para-hydroxylation sites is 1. The van der Waals surface area contributed by atoms with Gasteiger partial charge in [-0.25, -0.2) is 0 Å². The molecule has 1 amide bonds. The molecule has 1 atom stereocenters. The Morgan fingerprint density at radius 2 is 1.73 bits per heavy atom. The van der Waals surface area contributed by atoms with Crippen molar-refractivity contribution in [2.45, 2.75) is 6.17 Å². The average Bonchev–Trinajstić information content (AvgIpc) is 2.74. The van der Waals surface area contributed by atoms with E-state index in [1.54, 1.807) is 18.2 Å². The summed E-state index contributed by atoms with van der Waals surface area (Å²) in [4.78, 5) is 29.1. The van der Waals surface area contributed by atoms with Gasteiger partial charge in [-0.05, 0) is 20.2 Å². The van der Waals surface area contributed by atoms with Crippen LogP contribution in [0.1, 0.15) is 11.1 Å². The van der Waals surface area contributed by atoms with Gasteiger partial charge in [-0.2, -0.15) is 0 Å². The van der Waals surface area contributed by atoms with Gasteiger partial charge in [-0.1, -0.05) is 48.5 Å². The molecular weight excluding hydrogens is 332 g/mol. The Hall–Kier alpha value is -3.03. The highest BCUT2D eigenvalue weighted by Gasteiger charge is 2.30. The number of amides is 1. The van der Waals surface area contributed by atoms with Crippen LogP contribution >= 0.6 is 0 Å². The highest BCUT2D eigenvalue weighted by Crippen LogP contribution is 2.27. The van der Waals surface area contributed by atoms with E-state index in [9.17, 15) is 9.59 Å². The second-order valence-corrected chi connectivity index (χ2v) is 5.62. The smallest absolute Gasteiger partial charge is 0.323 e. The molecule has 7 nitrogen and oxygen atoms in total. The monoisotopic (exact) mass is 354 g/mol. The van der Waals surface area contributed by atoms with Crippen molar-refractivity contribution in [3.63, 3.8) is 0 Å². The third-order valence-corrected chi connectivity index (χ3v) is 3.58. The van der Waals surface area contributed by atoms with Gasteiger partial charge in [-0.3, -0.25) is 19.5 Å². The third kappa shape index (κ3) is 4.33. The van der Waals surface area contributed by atoms with Gasteiger partial charge in [0.1, 0.15) is 6.54 Å². The summed E-state index contributed by atoms with van der Waals surface area (Å²) >= 11 is 0. The van der Waals surface area contributed by atoms with Crippen molar-refractivity contribution in [3.8, 4) is 0 Å². The molecule has 0 aromatic heterocycles. The number of carboxylic acid groups (broad SMARTS) is 1. The number of aliphatic carboxylic acids is 1. The van der Waals surface area contributed by atoms with Gasteiger partial charge in [0.15, 0.2) is 6.17 Å². The Labute approximate surface area is 152 Å². The molecule has 0 saturated heterocycles. The van der Waals surface area contributed by atoms with Gasteiger partial charge in [0.05, 0.1) is 11.4 Å². The second-order valence-electron chi connectivity index (χ2n) is 5.62. The minimum absolute atomic E-state index is 0.457. The van der Waals surface area contributed by atoms with Gasteiger partial charge in [0.2, 0.25) is 0 Å². The van der Waals surface area contributed by atoms with Gasteiger partial charge in [-0.15, -0.1) is 0 Å². The number of nitrogens with one attached hydrogen (secondary N) is 1. The van der Waals surface area contributed by atoms with Crippen LogP contribution < -0.4 is 16.0 Å². The third-order valence-electron chi connectivity index (χ3n) is 3.58. The number of rotatable bonds is 3. The van der Waals surface area contributed by atoms with Crippen molar-refractivity contribution < 1.29 is 14.7 Å². The molecule has 26 heavy (non-hydrogen) atoms. The van der Waals surface area contributed by atoms with E-state index in [-0.39, 0.29) is 0 Å². The maximum Gasteiger partial charge on any atom is 0.323 e. The van der Waals surface area contributed by atoms with E-state index in [2.05, 4.69) is 10.3 Å². The maximum atomic E-state index is 12.5. The van der Waals surface area contributed by atoms with Crippen LogP contribution in [0.2, 0.25) is 0 Å². The number of hydrogen-bond donors (Lipinski definition) is 3. The van der Waals surface area contributed by atoms with Gasteiger partial charge >= 0.3 is 5.97 Å². The quantitative estimate of drug-likeness (QED) is 0.764. The minimum atomic E-state index is -1.14. The Bertz CT molecular complexity index is 805. The van der Waals surface area contributed by atoms with Crippen molar-refractivity contribution in [2.24, 2.45) is 10.7 Å². The fraction of sp³-hybridized carbons (Fsp3) is 0.211. The number of aliphatic imine (C=N–C) groups is 1. The van der Waals surface area contributed by atoms with E-state index in [1.807, 2.05) is 50.5 Å². The number of carbonyl (C=O) groups is 2. The predicted molar refractivity (Wildman–Crippen MR) is 101 cm³/mol. The van der Waals surface area contributed by atoms with E-state index < -0.39 is 24.6 Å². The Kier molecular flexibility index (Phi) is 6.60. The number of carboxylic acids is 1. The lowest BCUT2D eigenvalue weighted by molar-refractivity contribution is -0.136. The Morgan fingerprint density at radius 3 is 2.35 bits per heavy atom. The van der Waals surface area contributed by atoms with Crippen molar-refractivity contribution in [2.75, 3.05) is 25.5 Å². The van der Waals surface area contributed by atoms with E-state index in [4.69, 9.17) is 10.8 Å². The lowest BCUT2D eigenvalue weighted by Crippen LogP contribution is -2.44. The van der Waals surface area contributed by atoms with Crippen molar-refractivity contribution >= 4 is 23.3 Å². The molecule has 3 rings (SSSR count). The van der Waals surface area contributed by atoms with Crippen LogP contribution in [0.5, 0.6) is 0 Å². The van der Waals surface area contributed by atoms with Crippen LogP contribution in [-0.2, 0) is 9.59 Å². The SMILES string of the molecule is CNC.NC1N=C(c2ccccc2)c2ccccc2N(CC(=O)O)C1=O. The Morgan fingerprint density at radius 1 is 1.15 bits per heavy atom. The van der Waals surface area contributed by atoms with Gasteiger partial charge in [0.25, 0.3) is 5.91 Å². The first-order chi connectivity index (χ1) is 12.5. The molecule has 4 N–H and O–H groups in total. The molecule has 7 heteroatoms. The minimum Gasteiger partial charge on any atom is -0.480 e. The average molecular weight is 354 g/mol. The van der Waals surface area contributed by atoms with Crippen LogP contribution in [0.15, 0.2) is 59.6 Å². The van der Waals surface area contributed by atoms with Crippen LogP contribution in [-0.4, -0.2) is 49.5 Å². The molecule has 136 valence electrons. The summed E-state index contributed by atoms with van der Waals surface area (Å²) in [5.74, 6) is -1.64. The first-order valence-corrected chi connectivity index (χ1v) is 8.09. The molecular formula is C19H22N4O3. The van der Waals surface area contributed by atoms with Crippen LogP contribution in [0.4, 0.5) is 5.69 Å². The summed E-state index contributed by atoms with van der Waals surface area (Å²) in [6.45, 7) is -0.457. The molecule has 2 aromatic carbocycles. The summed E-state index contributed by atoms with van der Waals surface area (Å²) in [6.07, 6.45) is -1.14. The lowest BCUT2D eigenvalue weighted by atomic mass is 10.0. The lowest BCUT2D eigenvalue weighted by Gasteiger charge is -2.22. The standard InChI is InChI=1S/C17H15N3O3.C2H7N/c18-16-17(23)20(10-14(21)22)13-9-5-4-8-12(13)15(19-16)11-6-2-1-3-7-11;1-3-2/h1-9,16H,10,18H2,(H,21,22);3H,1-2H3. The first-order valence-electron chi connectivity index (χ1n) is 8.09. The highest BCUT2D eigenvalue weighted by molar-refractivity contribution is 6.20. The Balaban J connectivity index is 0.000000758. The molecule has 0 spiro atoms. The van der Waals surface area contributed by atoms with Gasteiger partial charge < -0.3 is 16.2 Å². The molecule has 0 aliphatic carbocycles. The topological polar surface area (TPSA) is 108 Å². The predicted octanol–water partition coefficient (Wildman–Crippen LogP) is 1.08. The molecule has 1 aliphatic heterocycles. The second kappa shape index (κ2) is 8.89. The van der Waals surface area contributed by atoms with E-state index in [0.29, 0.717) is 17.0 Å². The van der Waals surface area contributed by atoms with Gasteiger partial charge in [0, 0.05) is 11.1 Å². The van der Waals surface area contributed by atoms with E-state index in [0.717, 1.165) is 5.56 Å². The van der Waals surface area contributed by atoms with Crippen LogP contribution in [0, 0.1) is 0 Å². The normalized spacial score (nSPS) is 16.0. The van der Waals surface area contributed by atoms with E-state index >= 15 is 0 Å². The molecule has 1 heterocycles. The summed E-state index contributed by atoms with van der Waals surface area (Å²) in [5, 5.41) is 11.8. The molecule has 0 bridgehead atoms. The number of benzodiazepines with no additional fused rings is 1. The molecule has 0 saturated carbocycles. The zero-order valence-electron chi connectivity index (χ0n) is 14.7. The summed E-state index contributed by atoms with van der Waals surface area (Å²) < 4.78 is 0. The molecule has 0 radical (unpaired) electrons. The molecule has 0 fully saturated rings. The highest BCUT2D eigenvalue weighted by atomic mass is 16.4. The zero-order chi connectivity index (χ0) is 19.1. The summed E-state index contributed by atoms with van der Waals surface area (Å²) in [7, 11) is 3.75. The van der Waals surface area contributed by atoms with E-state index in [1.165, 1.54) is 4.90 Å². The fourth-order valence-electron chi connectivity index (χ4n) is 2.58. The number of anilines is 1. The van der Waals surface area contributed by atoms with Crippen LogP contribution in [0.25, 0.3) is 0 Å². The number of carbonyl (C=O) groups excluding carboxylic acids is 1. The number of hydrogen-bond acceptors (Lipinski definition) is 5. The largest absolute Gasteiger partial charge is 0.480 e. The van der Waals surface area contributed by atoms with Crippen LogP contribution in [0.3, 0.4) is 0 Å².